The third kappa shape index (κ3) is 3.34. The van der Waals surface area contributed by atoms with Crippen molar-refractivity contribution < 1.29 is 4.74 Å². The minimum atomic E-state index is 0.0702. The molecular formula is C17H19N3O. The van der Waals surface area contributed by atoms with E-state index in [4.69, 9.17) is 10.5 Å². The fraction of sp³-hybridized carbons (Fsp3) is 0.235. The van der Waals surface area contributed by atoms with Gasteiger partial charge in [0.05, 0.1) is 6.54 Å². The fourth-order valence-corrected chi connectivity index (χ4v) is 2.38. The molecule has 3 N–H and O–H groups in total. The number of fused-ring (bicyclic) bond motifs is 1. The molecule has 1 atom stereocenters. The molecule has 0 fully saturated rings. The average molecular weight is 281 g/mol. The van der Waals surface area contributed by atoms with Crippen LogP contribution in [0.3, 0.4) is 0 Å². The number of hydrogen-bond acceptors (Lipinski definition) is 2. The molecule has 108 valence electrons. The number of benzene rings is 2. The number of rotatable bonds is 3. The topological polar surface area (TPSA) is 59.6 Å². The van der Waals surface area contributed by atoms with Crippen molar-refractivity contribution in [3.05, 3.63) is 59.7 Å². The lowest BCUT2D eigenvalue weighted by Gasteiger charge is -2.09. The summed E-state index contributed by atoms with van der Waals surface area (Å²) < 4.78 is 5.83. The average Bonchev–Trinajstić information content (AvgIpc) is 2.90. The predicted octanol–water partition coefficient (Wildman–Crippen LogP) is 2.73. The molecule has 4 heteroatoms. The van der Waals surface area contributed by atoms with Gasteiger partial charge < -0.3 is 15.8 Å². The maximum atomic E-state index is 5.91. The first-order valence-electron chi connectivity index (χ1n) is 7.09. The third-order valence-corrected chi connectivity index (χ3v) is 3.50. The minimum Gasteiger partial charge on any atom is -0.488 e. The zero-order valence-electron chi connectivity index (χ0n) is 12.0. The Bertz CT molecular complexity index is 624. The Balaban J connectivity index is 1.56. The molecule has 2 aromatic carbocycles. The van der Waals surface area contributed by atoms with E-state index in [1.807, 2.05) is 42.5 Å². The number of guanidine groups is 1. The molecule has 0 saturated heterocycles. The highest BCUT2D eigenvalue weighted by molar-refractivity contribution is 5.92. The molecule has 0 radical (unpaired) electrons. The van der Waals surface area contributed by atoms with E-state index in [0.29, 0.717) is 12.5 Å². The second-order valence-electron chi connectivity index (χ2n) is 5.27. The van der Waals surface area contributed by atoms with Crippen LogP contribution < -0.4 is 15.8 Å². The van der Waals surface area contributed by atoms with E-state index in [9.17, 15) is 0 Å². The lowest BCUT2D eigenvalue weighted by Crippen LogP contribution is -2.26. The second-order valence-corrected chi connectivity index (χ2v) is 5.27. The molecule has 0 aromatic heterocycles. The normalized spacial score (nSPS) is 17.2. The lowest BCUT2D eigenvalue weighted by atomic mass is 10.1. The Kier molecular flexibility index (Phi) is 3.77. The van der Waals surface area contributed by atoms with Gasteiger partial charge in [0.1, 0.15) is 11.9 Å². The Labute approximate surface area is 124 Å². The van der Waals surface area contributed by atoms with Gasteiger partial charge in [0, 0.05) is 12.1 Å². The molecule has 0 saturated carbocycles. The van der Waals surface area contributed by atoms with E-state index in [1.165, 1.54) is 11.1 Å². The first-order chi connectivity index (χ1) is 10.2. The third-order valence-electron chi connectivity index (χ3n) is 3.50. The van der Waals surface area contributed by atoms with Gasteiger partial charge in [0.15, 0.2) is 5.96 Å². The van der Waals surface area contributed by atoms with Gasteiger partial charge in [-0.2, -0.15) is 0 Å². The van der Waals surface area contributed by atoms with Crippen molar-refractivity contribution in [2.75, 3.05) is 11.9 Å². The van der Waals surface area contributed by atoms with Crippen LogP contribution in [0, 0.1) is 6.92 Å². The summed E-state index contributed by atoms with van der Waals surface area (Å²) in [6.45, 7) is 2.61. The molecule has 2 aromatic rings. The number of aryl methyl sites for hydroxylation is 1. The van der Waals surface area contributed by atoms with Crippen molar-refractivity contribution in [2.45, 2.75) is 19.4 Å². The van der Waals surface area contributed by atoms with E-state index >= 15 is 0 Å². The molecule has 1 unspecified atom stereocenters. The van der Waals surface area contributed by atoms with Crippen LogP contribution in [0.15, 0.2) is 53.5 Å². The Morgan fingerprint density at radius 2 is 2.00 bits per heavy atom. The molecule has 1 heterocycles. The summed E-state index contributed by atoms with van der Waals surface area (Å²) in [5.41, 5.74) is 9.31. The minimum absolute atomic E-state index is 0.0702. The van der Waals surface area contributed by atoms with Crippen LogP contribution in [0.5, 0.6) is 5.75 Å². The zero-order valence-corrected chi connectivity index (χ0v) is 12.0. The van der Waals surface area contributed by atoms with Crippen LogP contribution in [0.25, 0.3) is 0 Å². The van der Waals surface area contributed by atoms with Crippen LogP contribution in [0.4, 0.5) is 5.69 Å². The van der Waals surface area contributed by atoms with E-state index in [1.54, 1.807) is 0 Å². The number of nitrogens with one attached hydrogen (secondary N) is 1. The van der Waals surface area contributed by atoms with Gasteiger partial charge in [-0.05, 0) is 30.7 Å². The van der Waals surface area contributed by atoms with E-state index < -0.39 is 0 Å². The standard InChI is InChI=1S/C17H19N3O/c1-12-6-8-14(9-7-12)20-17(18)19-11-15-10-13-4-2-3-5-16(13)21-15/h2-9,15H,10-11H2,1H3,(H3,18,19,20). The molecule has 4 nitrogen and oxygen atoms in total. The van der Waals surface area contributed by atoms with Gasteiger partial charge in [-0.25, -0.2) is 4.99 Å². The molecule has 0 aliphatic carbocycles. The van der Waals surface area contributed by atoms with Gasteiger partial charge in [0.2, 0.25) is 0 Å². The number of anilines is 1. The quantitative estimate of drug-likeness (QED) is 0.672. The van der Waals surface area contributed by atoms with Crippen molar-refractivity contribution in [1.82, 2.24) is 0 Å². The van der Waals surface area contributed by atoms with Crippen LogP contribution >= 0.6 is 0 Å². The summed E-state index contributed by atoms with van der Waals surface area (Å²) >= 11 is 0. The maximum Gasteiger partial charge on any atom is 0.193 e. The number of para-hydroxylation sites is 1. The van der Waals surface area contributed by atoms with Crippen LogP contribution in [-0.4, -0.2) is 18.6 Å². The molecule has 0 bridgehead atoms. The molecular weight excluding hydrogens is 262 g/mol. The smallest absolute Gasteiger partial charge is 0.193 e. The van der Waals surface area contributed by atoms with Crippen molar-refractivity contribution in [1.29, 1.82) is 0 Å². The molecule has 0 amide bonds. The largest absolute Gasteiger partial charge is 0.488 e. The van der Waals surface area contributed by atoms with Crippen LogP contribution in [-0.2, 0) is 6.42 Å². The van der Waals surface area contributed by atoms with Gasteiger partial charge >= 0.3 is 0 Å². The Morgan fingerprint density at radius 1 is 1.24 bits per heavy atom. The number of aliphatic imine (C=N–C) groups is 1. The van der Waals surface area contributed by atoms with Gasteiger partial charge in [0.25, 0.3) is 0 Å². The summed E-state index contributed by atoms with van der Waals surface area (Å²) in [6, 6.07) is 16.1. The summed E-state index contributed by atoms with van der Waals surface area (Å²) in [5, 5.41) is 3.09. The van der Waals surface area contributed by atoms with Gasteiger partial charge in [-0.1, -0.05) is 35.9 Å². The van der Waals surface area contributed by atoms with E-state index in [0.717, 1.165) is 17.9 Å². The number of ether oxygens (including phenoxy) is 1. The first-order valence-corrected chi connectivity index (χ1v) is 7.09. The summed E-state index contributed by atoms with van der Waals surface area (Å²) in [7, 11) is 0. The molecule has 21 heavy (non-hydrogen) atoms. The summed E-state index contributed by atoms with van der Waals surface area (Å²) in [6.07, 6.45) is 0.957. The highest BCUT2D eigenvalue weighted by Crippen LogP contribution is 2.28. The van der Waals surface area contributed by atoms with E-state index in [-0.39, 0.29) is 6.10 Å². The molecule has 1 aliphatic rings. The van der Waals surface area contributed by atoms with Crippen molar-refractivity contribution >= 4 is 11.6 Å². The maximum absolute atomic E-state index is 5.91. The molecule has 3 rings (SSSR count). The highest BCUT2D eigenvalue weighted by atomic mass is 16.5. The Morgan fingerprint density at radius 3 is 2.76 bits per heavy atom. The zero-order chi connectivity index (χ0) is 14.7. The van der Waals surface area contributed by atoms with Crippen LogP contribution in [0.2, 0.25) is 0 Å². The first kappa shape index (κ1) is 13.5. The summed E-state index contributed by atoms with van der Waals surface area (Å²) in [5.74, 6) is 1.38. The fourth-order valence-electron chi connectivity index (χ4n) is 2.38. The van der Waals surface area contributed by atoms with E-state index in [2.05, 4.69) is 23.3 Å². The molecule has 0 spiro atoms. The number of nitrogens with zero attached hydrogens (tertiary/aromatic N) is 1. The molecule has 1 aliphatic heterocycles. The second kappa shape index (κ2) is 5.87. The van der Waals surface area contributed by atoms with Gasteiger partial charge in [-0.15, -0.1) is 0 Å². The van der Waals surface area contributed by atoms with Crippen molar-refractivity contribution in [3.63, 3.8) is 0 Å². The Hall–Kier alpha value is -2.49. The summed E-state index contributed by atoms with van der Waals surface area (Å²) in [4.78, 5) is 4.37. The van der Waals surface area contributed by atoms with Crippen molar-refractivity contribution in [3.8, 4) is 5.75 Å². The predicted molar refractivity (Wildman–Crippen MR) is 85.9 cm³/mol. The lowest BCUT2D eigenvalue weighted by molar-refractivity contribution is 0.242. The number of nitrogens with two attached hydrogens (primary N) is 1. The van der Waals surface area contributed by atoms with Gasteiger partial charge in [-0.3, -0.25) is 0 Å². The monoisotopic (exact) mass is 281 g/mol. The highest BCUT2D eigenvalue weighted by Gasteiger charge is 2.21. The van der Waals surface area contributed by atoms with Crippen molar-refractivity contribution in [2.24, 2.45) is 10.7 Å². The SMILES string of the molecule is Cc1ccc(NC(N)=NCC2Cc3ccccc3O2)cc1. The van der Waals surface area contributed by atoms with Crippen LogP contribution in [0.1, 0.15) is 11.1 Å². The number of hydrogen-bond donors (Lipinski definition) is 2.